The Balaban J connectivity index is 4.07. The van der Waals surface area contributed by atoms with E-state index in [1.54, 1.807) is 13.8 Å². The molecule has 0 bridgehead atoms. The van der Waals surface area contributed by atoms with E-state index in [0.717, 1.165) is 0 Å². The van der Waals surface area contributed by atoms with Gasteiger partial charge in [0.05, 0.1) is 13.2 Å². The van der Waals surface area contributed by atoms with Gasteiger partial charge in [0.2, 0.25) is 5.91 Å². The summed E-state index contributed by atoms with van der Waals surface area (Å²) in [6.45, 7) is 5.40. The highest BCUT2D eigenvalue weighted by Crippen LogP contribution is 2.46. The standard InChI is InChI=1S/C7H16NO4P/c1-4-11-13(10,12-5-2)6-8-7(3)9/h4-6H2,1-3H3,(H,8,9). The van der Waals surface area contributed by atoms with E-state index in [1.165, 1.54) is 6.92 Å². The third-order valence-electron chi connectivity index (χ3n) is 1.17. The smallest absolute Gasteiger partial charge is 0.345 e. The molecule has 6 heteroatoms. The van der Waals surface area contributed by atoms with Crippen molar-refractivity contribution in [3.05, 3.63) is 0 Å². The van der Waals surface area contributed by atoms with Gasteiger partial charge in [0.15, 0.2) is 0 Å². The molecule has 0 atom stereocenters. The van der Waals surface area contributed by atoms with Crippen molar-refractivity contribution < 1.29 is 18.4 Å². The first-order valence-corrected chi connectivity index (χ1v) is 5.89. The fourth-order valence-electron chi connectivity index (χ4n) is 0.730. The maximum absolute atomic E-state index is 11.7. The summed E-state index contributed by atoms with van der Waals surface area (Å²) in [5, 5.41) is 2.40. The van der Waals surface area contributed by atoms with E-state index in [0.29, 0.717) is 13.2 Å². The molecule has 78 valence electrons. The predicted octanol–water partition coefficient (Wildman–Crippen LogP) is 1.35. The Labute approximate surface area is 78.3 Å². The van der Waals surface area contributed by atoms with Gasteiger partial charge in [-0.15, -0.1) is 0 Å². The van der Waals surface area contributed by atoms with E-state index in [-0.39, 0.29) is 12.2 Å². The van der Waals surface area contributed by atoms with Crippen molar-refractivity contribution in [1.82, 2.24) is 5.32 Å². The molecule has 0 saturated carbocycles. The van der Waals surface area contributed by atoms with E-state index < -0.39 is 7.60 Å². The summed E-state index contributed by atoms with van der Waals surface area (Å²) in [4.78, 5) is 10.6. The number of carbonyl (C=O) groups is 1. The molecule has 1 amide bonds. The zero-order valence-corrected chi connectivity index (χ0v) is 9.10. The topological polar surface area (TPSA) is 64.6 Å². The molecule has 0 unspecified atom stereocenters. The lowest BCUT2D eigenvalue weighted by molar-refractivity contribution is -0.118. The largest absolute Gasteiger partial charge is 0.349 e. The summed E-state index contributed by atoms with van der Waals surface area (Å²) in [6, 6.07) is 0. The van der Waals surface area contributed by atoms with Crippen molar-refractivity contribution in [2.75, 3.05) is 19.5 Å². The molecule has 0 aliphatic carbocycles. The van der Waals surface area contributed by atoms with Crippen molar-refractivity contribution >= 4 is 13.5 Å². The van der Waals surface area contributed by atoms with Gasteiger partial charge in [-0.3, -0.25) is 9.36 Å². The van der Waals surface area contributed by atoms with Crippen LogP contribution in [0.25, 0.3) is 0 Å². The summed E-state index contributed by atoms with van der Waals surface area (Å²) in [6.07, 6.45) is -0.0655. The predicted molar refractivity (Wildman–Crippen MR) is 49.5 cm³/mol. The highest BCUT2D eigenvalue weighted by Gasteiger charge is 2.23. The van der Waals surface area contributed by atoms with E-state index in [4.69, 9.17) is 9.05 Å². The van der Waals surface area contributed by atoms with Crippen LogP contribution >= 0.6 is 7.60 Å². The average Bonchev–Trinajstić information content (AvgIpc) is 2.02. The Morgan fingerprint density at radius 3 is 2.08 bits per heavy atom. The molecule has 13 heavy (non-hydrogen) atoms. The highest BCUT2D eigenvalue weighted by atomic mass is 31.2. The number of nitrogens with one attached hydrogen (secondary N) is 1. The second-order valence-electron chi connectivity index (χ2n) is 2.34. The van der Waals surface area contributed by atoms with Crippen LogP contribution in [0.3, 0.4) is 0 Å². The first kappa shape index (κ1) is 12.6. The van der Waals surface area contributed by atoms with Gasteiger partial charge in [-0.2, -0.15) is 0 Å². The number of carbonyl (C=O) groups excluding carboxylic acids is 1. The number of hydrogen-bond acceptors (Lipinski definition) is 4. The van der Waals surface area contributed by atoms with Crippen LogP contribution in [-0.4, -0.2) is 25.4 Å². The average molecular weight is 209 g/mol. The zero-order chi connectivity index (χ0) is 10.3. The van der Waals surface area contributed by atoms with Gasteiger partial charge >= 0.3 is 7.60 Å². The molecule has 0 radical (unpaired) electrons. The molecule has 0 aromatic carbocycles. The third kappa shape index (κ3) is 5.80. The molecule has 5 nitrogen and oxygen atoms in total. The normalized spacial score (nSPS) is 11.3. The van der Waals surface area contributed by atoms with E-state index in [9.17, 15) is 9.36 Å². The van der Waals surface area contributed by atoms with E-state index in [2.05, 4.69) is 5.32 Å². The quantitative estimate of drug-likeness (QED) is 0.670. The molecule has 0 heterocycles. The minimum absolute atomic E-state index is 0.0655. The van der Waals surface area contributed by atoms with Gasteiger partial charge in [0.25, 0.3) is 0 Å². The van der Waals surface area contributed by atoms with Gasteiger partial charge in [-0.25, -0.2) is 0 Å². The first-order valence-electron chi connectivity index (χ1n) is 4.16. The summed E-state index contributed by atoms with van der Waals surface area (Å²) in [5.74, 6) is -0.250. The van der Waals surface area contributed by atoms with Crippen LogP contribution in [0.1, 0.15) is 20.8 Å². The summed E-state index contributed by atoms with van der Waals surface area (Å²) >= 11 is 0. The summed E-state index contributed by atoms with van der Waals surface area (Å²) in [5.41, 5.74) is 0. The lowest BCUT2D eigenvalue weighted by Crippen LogP contribution is -2.22. The van der Waals surface area contributed by atoms with Crippen molar-refractivity contribution in [3.8, 4) is 0 Å². The SMILES string of the molecule is CCOP(=O)(CNC(C)=O)OCC. The first-order chi connectivity index (χ1) is 6.04. The zero-order valence-electron chi connectivity index (χ0n) is 8.20. The van der Waals surface area contributed by atoms with Crippen LogP contribution in [0.4, 0.5) is 0 Å². The monoisotopic (exact) mass is 209 g/mol. The summed E-state index contributed by atoms with van der Waals surface area (Å²) < 4.78 is 21.5. The number of hydrogen-bond donors (Lipinski definition) is 1. The molecular formula is C7H16NO4P. The van der Waals surface area contributed by atoms with Crippen molar-refractivity contribution in [2.45, 2.75) is 20.8 Å². The second-order valence-corrected chi connectivity index (χ2v) is 4.39. The molecule has 0 aromatic heterocycles. The van der Waals surface area contributed by atoms with Crippen LogP contribution in [0.15, 0.2) is 0 Å². The Hall–Kier alpha value is -0.380. The minimum Gasteiger partial charge on any atom is -0.345 e. The maximum atomic E-state index is 11.7. The fourth-order valence-corrected chi connectivity index (χ4v) is 2.19. The lowest BCUT2D eigenvalue weighted by atomic mass is 10.7. The second kappa shape index (κ2) is 6.13. The molecule has 0 spiro atoms. The molecule has 0 fully saturated rings. The van der Waals surface area contributed by atoms with Gasteiger partial charge < -0.3 is 14.4 Å². The van der Waals surface area contributed by atoms with Crippen molar-refractivity contribution in [3.63, 3.8) is 0 Å². The molecule has 0 saturated heterocycles. The molecule has 1 N–H and O–H groups in total. The Bertz CT molecular complexity index is 197. The van der Waals surface area contributed by atoms with Crippen LogP contribution in [-0.2, 0) is 18.4 Å². The molecular weight excluding hydrogens is 193 g/mol. The van der Waals surface area contributed by atoms with Crippen molar-refractivity contribution in [2.24, 2.45) is 0 Å². The van der Waals surface area contributed by atoms with Crippen LogP contribution in [0.5, 0.6) is 0 Å². The molecule has 0 aliphatic heterocycles. The highest BCUT2D eigenvalue weighted by molar-refractivity contribution is 7.53. The molecule has 0 aliphatic rings. The van der Waals surface area contributed by atoms with Crippen LogP contribution in [0, 0.1) is 0 Å². The fraction of sp³-hybridized carbons (Fsp3) is 0.857. The van der Waals surface area contributed by atoms with Gasteiger partial charge in [-0.1, -0.05) is 0 Å². The summed E-state index contributed by atoms with van der Waals surface area (Å²) in [7, 11) is -3.11. The van der Waals surface area contributed by atoms with Crippen LogP contribution in [0.2, 0.25) is 0 Å². The number of amides is 1. The van der Waals surface area contributed by atoms with Gasteiger partial charge in [0, 0.05) is 6.92 Å². The van der Waals surface area contributed by atoms with E-state index >= 15 is 0 Å². The van der Waals surface area contributed by atoms with Crippen LogP contribution < -0.4 is 5.32 Å². The molecule has 0 aromatic rings. The van der Waals surface area contributed by atoms with Gasteiger partial charge in [-0.05, 0) is 13.8 Å². The maximum Gasteiger partial charge on any atom is 0.349 e. The Morgan fingerprint density at radius 2 is 1.77 bits per heavy atom. The molecule has 0 rings (SSSR count). The lowest BCUT2D eigenvalue weighted by Gasteiger charge is -2.16. The van der Waals surface area contributed by atoms with Crippen molar-refractivity contribution in [1.29, 1.82) is 0 Å². The van der Waals surface area contributed by atoms with Gasteiger partial charge in [0.1, 0.15) is 6.29 Å². The third-order valence-corrected chi connectivity index (χ3v) is 3.02. The Morgan fingerprint density at radius 1 is 1.31 bits per heavy atom. The van der Waals surface area contributed by atoms with E-state index in [1.807, 2.05) is 0 Å². The number of rotatable bonds is 6. The Kier molecular flexibility index (Phi) is 5.95. The minimum atomic E-state index is -3.11.